The van der Waals surface area contributed by atoms with Gasteiger partial charge in [-0.1, -0.05) is 25.1 Å². The lowest BCUT2D eigenvalue weighted by Crippen LogP contribution is -2.09. The summed E-state index contributed by atoms with van der Waals surface area (Å²) in [7, 11) is 0. The smallest absolute Gasteiger partial charge is 0.123 e. The Labute approximate surface area is 123 Å². The van der Waals surface area contributed by atoms with E-state index in [1.807, 2.05) is 36.4 Å². The van der Waals surface area contributed by atoms with E-state index in [9.17, 15) is 4.39 Å². The minimum atomic E-state index is -0.203. The normalized spacial score (nSPS) is 12.3. The lowest BCUT2D eigenvalue weighted by molar-refractivity contribution is 0.625. The number of aromatic nitrogens is 1. The third kappa shape index (κ3) is 3.02. The van der Waals surface area contributed by atoms with Crippen LogP contribution in [0.3, 0.4) is 0 Å². The molecular formula is C18H17FN2. The van der Waals surface area contributed by atoms with Crippen LogP contribution in [0.1, 0.15) is 24.9 Å². The maximum atomic E-state index is 13.0. The molecule has 1 aromatic heterocycles. The third-order valence-corrected chi connectivity index (χ3v) is 3.62. The first-order chi connectivity index (χ1) is 10.3. The van der Waals surface area contributed by atoms with Gasteiger partial charge in [0.15, 0.2) is 0 Å². The van der Waals surface area contributed by atoms with Crippen LogP contribution in [0.25, 0.3) is 10.9 Å². The van der Waals surface area contributed by atoms with E-state index >= 15 is 0 Å². The first-order valence-corrected chi connectivity index (χ1v) is 7.13. The van der Waals surface area contributed by atoms with Crippen molar-refractivity contribution in [2.75, 3.05) is 5.32 Å². The number of nitrogens with one attached hydrogen (secondary N) is 1. The van der Waals surface area contributed by atoms with Gasteiger partial charge in [-0.05, 0) is 48.4 Å². The van der Waals surface area contributed by atoms with E-state index in [0.29, 0.717) is 0 Å². The predicted octanol–water partition coefficient (Wildman–Crippen LogP) is 4.94. The number of nitrogens with zero attached hydrogens (tertiary/aromatic N) is 1. The molecule has 106 valence electrons. The molecule has 2 nitrogen and oxygen atoms in total. The average molecular weight is 280 g/mol. The SMILES string of the molecule is CCC(Nc1ccc2ncccc2c1)c1ccc(F)cc1. The van der Waals surface area contributed by atoms with Gasteiger partial charge in [0.25, 0.3) is 0 Å². The molecular weight excluding hydrogens is 263 g/mol. The van der Waals surface area contributed by atoms with Gasteiger partial charge < -0.3 is 5.32 Å². The Bertz CT molecular complexity index is 738. The number of fused-ring (bicyclic) bond motifs is 1. The van der Waals surface area contributed by atoms with Crippen molar-refractivity contribution in [2.24, 2.45) is 0 Å². The van der Waals surface area contributed by atoms with E-state index < -0.39 is 0 Å². The monoisotopic (exact) mass is 280 g/mol. The number of benzene rings is 2. The molecule has 3 aromatic rings. The van der Waals surface area contributed by atoms with Crippen molar-refractivity contribution in [3.63, 3.8) is 0 Å². The second kappa shape index (κ2) is 5.92. The highest BCUT2D eigenvalue weighted by molar-refractivity contribution is 5.82. The first kappa shape index (κ1) is 13.6. The number of hydrogen-bond acceptors (Lipinski definition) is 2. The number of pyridine rings is 1. The van der Waals surface area contributed by atoms with Gasteiger partial charge in [0.05, 0.1) is 11.6 Å². The molecule has 0 amide bonds. The van der Waals surface area contributed by atoms with Crippen LogP contribution in [0.5, 0.6) is 0 Å². The molecule has 2 aromatic carbocycles. The molecule has 0 saturated heterocycles. The third-order valence-electron chi connectivity index (χ3n) is 3.62. The molecule has 3 heteroatoms. The summed E-state index contributed by atoms with van der Waals surface area (Å²) in [6, 6.07) is 17.0. The fourth-order valence-corrected chi connectivity index (χ4v) is 2.48. The zero-order chi connectivity index (χ0) is 14.7. The van der Waals surface area contributed by atoms with Crippen LogP contribution < -0.4 is 5.32 Å². The van der Waals surface area contributed by atoms with Crippen LogP contribution in [-0.2, 0) is 0 Å². The molecule has 0 saturated carbocycles. The molecule has 1 N–H and O–H groups in total. The van der Waals surface area contributed by atoms with Crippen LogP contribution in [0, 0.1) is 5.82 Å². The van der Waals surface area contributed by atoms with Gasteiger partial charge in [-0.15, -0.1) is 0 Å². The van der Waals surface area contributed by atoms with Gasteiger partial charge in [-0.2, -0.15) is 0 Å². The molecule has 0 aliphatic rings. The summed E-state index contributed by atoms with van der Waals surface area (Å²) in [5.74, 6) is -0.203. The number of hydrogen-bond donors (Lipinski definition) is 1. The number of halogens is 1. The zero-order valence-electron chi connectivity index (χ0n) is 11.9. The van der Waals surface area contributed by atoms with E-state index in [0.717, 1.165) is 28.6 Å². The number of anilines is 1. The van der Waals surface area contributed by atoms with Gasteiger partial charge in [0.1, 0.15) is 5.82 Å². The van der Waals surface area contributed by atoms with Gasteiger partial charge in [0.2, 0.25) is 0 Å². The summed E-state index contributed by atoms with van der Waals surface area (Å²) in [4.78, 5) is 4.32. The highest BCUT2D eigenvalue weighted by Gasteiger charge is 2.09. The Kier molecular flexibility index (Phi) is 3.82. The van der Waals surface area contributed by atoms with Crippen molar-refractivity contribution in [3.8, 4) is 0 Å². The molecule has 0 radical (unpaired) electrons. The Morgan fingerprint density at radius 2 is 1.90 bits per heavy atom. The van der Waals surface area contributed by atoms with Gasteiger partial charge in [-0.3, -0.25) is 4.98 Å². The van der Waals surface area contributed by atoms with E-state index in [2.05, 4.69) is 23.3 Å². The van der Waals surface area contributed by atoms with Gasteiger partial charge in [0, 0.05) is 17.3 Å². The fourth-order valence-electron chi connectivity index (χ4n) is 2.48. The summed E-state index contributed by atoms with van der Waals surface area (Å²) in [6.07, 6.45) is 2.72. The van der Waals surface area contributed by atoms with E-state index in [4.69, 9.17) is 0 Å². The van der Waals surface area contributed by atoms with Crippen molar-refractivity contribution in [2.45, 2.75) is 19.4 Å². The van der Waals surface area contributed by atoms with Crippen LogP contribution in [0.4, 0.5) is 10.1 Å². The van der Waals surface area contributed by atoms with Crippen molar-refractivity contribution in [1.29, 1.82) is 0 Å². The summed E-state index contributed by atoms with van der Waals surface area (Å²) >= 11 is 0. The second-order valence-corrected chi connectivity index (χ2v) is 5.07. The van der Waals surface area contributed by atoms with Crippen LogP contribution in [0.15, 0.2) is 60.8 Å². The summed E-state index contributed by atoms with van der Waals surface area (Å²) in [6.45, 7) is 2.11. The fraction of sp³-hybridized carbons (Fsp3) is 0.167. The highest BCUT2D eigenvalue weighted by atomic mass is 19.1. The van der Waals surface area contributed by atoms with E-state index in [1.54, 1.807) is 6.20 Å². The Hall–Kier alpha value is -2.42. The Morgan fingerprint density at radius 3 is 2.67 bits per heavy atom. The maximum Gasteiger partial charge on any atom is 0.123 e. The van der Waals surface area contributed by atoms with Gasteiger partial charge in [-0.25, -0.2) is 4.39 Å². The van der Waals surface area contributed by atoms with E-state index in [1.165, 1.54) is 12.1 Å². The molecule has 1 heterocycles. The second-order valence-electron chi connectivity index (χ2n) is 5.07. The lowest BCUT2D eigenvalue weighted by atomic mass is 10.0. The molecule has 0 aliphatic carbocycles. The maximum absolute atomic E-state index is 13.0. The Balaban J connectivity index is 1.86. The van der Waals surface area contributed by atoms with Crippen LogP contribution in [0.2, 0.25) is 0 Å². The molecule has 0 fully saturated rings. The molecule has 3 rings (SSSR count). The Morgan fingerprint density at radius 1 is 1.10 bits per heavy atom. The summed E-state index contributed by atoms with van der Waals surface area (Å²) in [5.41, 5.74) is 3.12. The topological polar surface area (TPSA) is 24.9 Å². The first-order valence-electron chi connectivity index (χ1n) is 7.13. The van der Waals surface area contributed by atoms with Crippen LogP contribution >= 0.6 is 0 Å². The van der Waals surface area contributed by atoms with Crippen molar-refractivity contribution in [3.05, 3.63) is 72.2 Å². The van der Waals surface area contributed by atoms with Crippen LogP contribution in [-0.4, -0.2) is 4.98 Å². The van der Waals surface area contributed by atoms with Crippen molar-refractivity contribution >= 4 is 16.6 Å². The lowest BCUT2D eigenvalue weighted by Gasteiger charge is -2.19. The number of rotatable bonds is 4. The van der Waals surface area contributed by atoms with Crippen molar-refractivity contribution in [1.82, 2.24) is 4.98 Å². The minimum Gasteiger partial charge on any atom is -0.378 e. The summed E-state index contributed by atoms with van der Waals surface area (Å²) < 4.78 is 13.0. The zero-order valence-corrected chi connectivity index (χ0v) is 11.9. The molecule has 0 aliphatic heterocycles. The molecule has 0 spiro atoms. The van der Waals surface area contributed by atoms with E-state index in [-0.39, 0.29) is 11.9 Å². The minimum absolute atomic E-state index is 0.166. The van der Waals surface area contributed by atoms with Crippen molar-refractivity contribution < 1.29 is 4.39 Å². The quantitative estimate of drug-likeness (QED) is 0.732. The predicted molar refractivity (Wildman–Crippen MR) is 84.8 cm³/mol. The highest BCUT2D eigenvalue weighted by Crippen LogP contribution is 2.25. The molecule has 1 unspecified atom stereocenters. The molecule has 0 bridgehead atoms. The standard InChI is InChI=1S/C18H17FN2/c1-2-17(13-5-7-15(19)8-6-13)21-16-9-10-18-14(12-16)4-3-11-20-18/h3-12,17,21H,2H2,1H3. The molecule has 1 atom stereocenters. The largest absolute Gasteiger partial charge is 0.378 e. The summed E-state index contributed by atoms with van der Waals surface area (Å²) in [5, 5.41) is 4.61. The van der Waals surface area contributed by atoms with Gasteiger partial charge >= 0.3 is 0 Å². The average Bonchev–Trinajstić information content (AvgIpc) is 2.53. The molecule has 21 heavy (non-hydrogen) atoms.